The maximum absolute atomic E-state index is 11.8. The molecule has 0 aliphatic heterocycles. The molecule has 0 spiro atoms. The van der Waals surface area contributed by atoms with E-state index in [2.05, 4.69) is 13.8 Å². The third-order valence-corrected chi connectivity index (χ3v) is 2.53. The van der Waals surface area contributed by atoms with Gasteiger partial charge in [0.25, 0.3) is 0 Å². The average molecular weight is 230 g/mol. The first kappa shape index (κ1) is 15.6. The van der Waals surface area contributed by atoms with Crippen LogP contribution in [0.2, 0.25) is 0 Å². The van der Waals surface area contributed by atoms with Gasteiger partial charge in [-0.25, -0.2) is 0 Å². The molecule has 0 aliphatic carbocycles. The lowest BCUT2D eigenvalue weighted by Gasteiger charge is -2.17. The van der Waals surface area contributed by atoms with Crippen LogP contribution in [0.1, 0.15) is 53.4 Å². The first-order chi connectivity index (χ1) is 7.63. The predicted octanol–water partition coefficient (Wildman–Crippen LogP) is 2.97. The fraction of sp³-hybridized carbons (Fsp3) is 0.923. The molecule has 0 aromatic rings. The maximum atomic E-state index is 11.8. The van der Waals surface area contributed by atoms with Gasteiger partial charge in [0.05, 0.1) is 0 Å². The third-order valence-electron chi connectivity index (χ3n) is 2.53. The van der Waals surface area contributed by atoms with Crippen molar-refractivity contribution in [2.24, 2.45) is 0 Å². The molecular weight excluding hydrogens is 204 g/mol. The highest BCUT2D eigenvalue weighted by Gasteiger charge is 2.20. The fourth-order valence-electron chi connectivity index (χ4n) is 1.30. The van der Waals surface area contributed by atoms with Crippen molar-refractivity contribution in [2.45, 2.75) is 65.6 Å². The molecule has 0 saturated carbocycles. The Morgan fingerprint density at radius 1 is 0.938 bits per heavy atom. The molecule has 0 rings (SSSR count). The Morgan fingerprint density at radius 3 is 1.62 bits per heavy atom. The molecule has 0 aromatic heterocycles. The number of ether oxygens (including phenoxy) is 2. The minimum absolute atomic E-state index is 0.0483. The standard InChI is InChI=1S/C13H26O3/c1-5-7-9-15-11(3)13(14)12(4)16-10-8-6-2/h11-12H,5-10H2,1-4H3. The van der Waals surface area contributed by atoms with Gasteiger partial charge in [-0.2, -0.15) is 0 Å². The Morgan fingerprint density at radius 2 is 1.31 bits per heavy atom. The van der Waals surface area contributed by atoms with E-state index in [1.165, 1.54) is 0 Å². The lowest BCUT2D eigenvalue weighted by molar-refractivity contribution is -0.140. The van der Waals surface area contributed by atoms with Crippen molar-refractivity contribution in [3.05, 3.63) is 0 Å². The van der Waals surface area contributed by atoms with Crippen LogP contribution in [0.5, 0.6) is 0 Å². The summed E-state index contributed by atoms with van der Waals surface area (Å²) in [5.74, 6) is 0.0483. The van der Waals surface area contributed by atoms with E-state index >= 15 is 0 Å². The van der Waals surface area contributed by atoms with E-state index in [4.69, 9.17) is 9.47 Å². The second-order valence-electron chi connectivity index (χ2n) is 4.14. The topological polar surface area (TPSA) is 35.5 Å². The van der Waals surface area contributed by atoms with Gasteiger partial charge < -0.3 is 9.47 Å². The van der Waals surface area contributed by atoms with E-state index < -0.39 is 0 Å². The molecule has 0 amide bonds. The highest BCUT2D eigenvalue weighted by Crippen LogP contribution is 2.04. The highest BCUT2D eigenvalue weighted by molar-refractivity contribution is 5.86. The molecule has 3 nitrogen and oxygen atoms in total. The van der Waals surface area contributed by atoms with Crippen molar-refractivity contribution in [2.75, 3.05) is 13.2 Å². The second-order valence-corrected chi connectivity index (χ2v) is 4.14. The molecule has 0 aromatic carbocycles. The summed E-state index contributed by atoms with van der Waals surface area (Å²) in [7, 11) is 0. The van der Waals surface area contributed by atoms with Crippen LogP contribution in [0.15, 0.2) is 0 Å². The van der Waals surface area contributed by atoms with E-state index in [9.17, 15) is 4.79 Å². The second kappa shape index (κ2) is 9.79. The Kier molecular flexibility index (Phi) is 9.54. The van der Waals surface area contributed by atoms with Crippen molar-refractivity contribution < 1.29 is 14.3 Å². The summed E-state index contributed by atoms with van der Waals surface area (Å²) >= 11 is 0. The molecule has 16 heavy (non-hydrogen) atoms. The number of Topliss-reactive ketones (excluding diaryl/α,β-unsaturated/α-hetero) is 1. The predicted molar refractivity (Wildman–Crippen MR) is 65.7 cm³/mol. The molecule has 0 saturated heterocycles. The maximum Gasteiger partial charge on any atom is 0.189 e. The summed E-state index contributed by atoms with van der Waals surface area (Å²) in [6.07, 6.45) is 3.49. The SMILES string of the molecule is CCCCOC(C)C(=O)C(C)OCCCC. The normalized spacial score (nSPS) is 14.8. The molecule has 96 valence electrons. The van der Waals surface area contributed by atoms with E-state index in [0.29, 0.717) is 13.2 Å². The largest absolute Gasteiger partial charge is 0.371 e. The monoisotopic (exact) mass is 230 g/mol. The summed E-state index contributed by atoms with van der Waals surface area (Å²) in [4.78, 5) is 11.8. The molecule has 2 atom stereocenters. The molecule has 0 aliphatic rings. The molecule has 0 radical (unpaired) electrons. The summed E-state index contributed by atoms with van der Waals surface area (Å²) in [5.41, 5.74) is 0. The number of unbranched alkanes of at least 4 members (excludes halogenated alkanes) is 2. The van der Waals surface area contributed by atoms with Crippen LogP contribution in [0.3, 0.4) is 0 Å². The van der Waals surface area contributed by atoms with Crippen LogP contribution >= 0.6 is 0 Å². The fourth-order valence-corrected chi connectivity index (χ4v) is 1.30. The Balaban J connectivity index is 3.73. The van der Waals surface area contributed by atoms with E-state index in [0.717, 1.165) is 25.7 Å². The number of rotatable bonds is 10. The molecular formula is C13H26O3. The van der Waals surface area contributed by atoms with E-state index in [1.807, 2.05) is 0 Å². The van der Waals surface area contributed by atoms with Crippen LogP contribution in [0, 0.1) is 0 Å². The molecule has 0 fully saturated rings. The quantitative estimate of drug-likeness (QED) is 0.541. The number of hydrogen-bond donors (Lipinski definition) is 0. The molecule has 0 N–H and O–H groups in total. The number of hydrogen-bond acceptors (Lipinski definition) is 3. The highest BCUT2D eigenvalue weighted by atomic mass is 16.5. The van der Waals surface area contributed by atoms with Crippen LogP contribution in [-0.2, 0) is 14.3 Å². The van der Waals surface area contributed by atoms with Crippen LogP contribution in [-0.4, -0.2) is 31.2 Å². The molecule has 2 unspecified atom stereocenters. The lowest BCUT2D eigenvalue weighted by atomic mass is 10.1. The van der Waals surface area contributed by atoms with Crippen molar-refractivity contribution in [1.82, 2.24) is 0 Å². The van der Waals surface area contributed by atoms with Gasteiger partial charge in [0.15, 0.2) is 5.78 Å². The van der Waals surface area contributed by atoms with Gasteiger partial charge >= 0.3 is 0 Å². The zero-order chi connectivity index (χ0) is 12.4. The zero-order valence-electron chi connectivity index (χ0n) is 11.1. The van der Waals surface area contributed by atoms with Crippen LogP contribution < -0.4 is 0 Å². The van der Waals surface area contributed by atoms with Crippen molar-refractivity contribution in [3.8, 4) is 0 Å². The van der Waals surface area contributed by atoms with Crippen LogP contribution in [0.4, 0.5) is 0 Å². The van der Waals surface area contributed by atoms with E-state index in [1.54, 1.807) is 13.8 Å². The first-order valence-corrected chi connectivity index (χ1v) is 6.40. The smallest absolute Gasteiger partial charge is 0.189 e. The summed E-state index contributed by atoms with van der Waals surface area (Å²) < 4.78 is 10.9. The number of ketones is 1. The number of carbonyl (C=O) groups excluding carboxylic acids is 1. The lowest BCUT2D eigenvalue weighted by Crippen LogP contribution is -2.32. The van der Waals surface area contributed by atoms with Gasteiger partial charge in [-0.15, -0.1) is 0 Å². The summed E-state index contributed by atoms with van der Waals surface area (Å²) in [6, 6.07) is 0. The van der Waals surface area contributed by atoms with E-state index in [-0.39, 0.29) is 18.0 Å². The van der Waals surface area contributed by atoms with Gasteiger partial charge in [0.2, 0.25) is 0 Å². The Labute approximate surface area is 99.5 Å². The van der Waals surface area contributed by atoms with Gasteiger partial charge in [-0.05, 0) is 26.7 Å². The molecule has 0 bridgehead atoms. The summed E-state index contributed by atoms with van der Waals surface area (Å²) in [6.45, 7) is 9.13. The molecule has 0 heterocycles. The average Bonchev–Trinajstić information content (AvgIpc) is 2.28. The Hall–Kier alpha value is -0.410. The van der Waals surface area contributed by atoms with Crippen molar-refractivity contribution in [3.63, 3.8) is 0 Å². The van der Waals surface area contributed by atoms with Gasteiger partial charge in [-0.3, -0.25) is 4.79 Å². The van der Waals surface area contributed by atoms with Gasteiger partial charge in [-0.1, -0.05) is 26.7 Å². The minimum Gasteiger partial charge on any atom is -0.371 e. The van der Waals surface area contributed by atoms with Crippen LogP contribution in [0.25, 0.3) is 0 Å². The zero-order valence-corrected chi connectivity index (χ0v) is 11.1. The minimum atomic E-state index is -0.344. The van der Waals surface area contributed by atoms with Crippen molar-refractivity contribution >= 4 is 5.78 Å². The van der Waals surface area contributed by atoms with Gasteiger partial charge in [0, 0.05) is 13.2 Å². The van der Waals surface area contributed by atoms with Gasteiger partial charge in [0.1, 0.15) is 12.2 Å². The molecule has 3 heteroatoms. The summed E-state index contributed by atoms with van der Waals surface area (Å²) in [5, 5.41) is 0. The number of carbonyl (C=O) groups is 1. The Bertz CT molecular complexity index is 162. The third kappa shape index (κ3) is 6.96. The first-order valence-electron chi connectivity index (χ1n) is 6.40. The van der Waals surface area contributed by atoms with Crippen molar-refractivity contribution in [1.29, 1.82) is 0 Å².